The number of amides is 1. The maximum Gasteiger partial charge on any atom is 0.227 e. The monoisotopic (exact) mass is 362 g/mol. The number of aryl methyl sites for hydroxylation is 1. The Labute approximate surface area is 159 Å². The van der Waals surface area contributed by atoms with Crippen molar-refractivity contribution in [3.63, 3.8) is 0 Å². The Bertz CT molecular complexity index is 893. The lowest BCUT2D eigenvalue weighted by Crippen LogP contribution is -2.15. The van der Waals surface area contributed by atoms with Crippen LogP contribution in [0.5, 0.6) is 17.2 Å². The van der Waals surface area contributed by atoms with Gasteiger partial charge in [-0.25, -0.2) is 0 Å². The molecule has 1 heterocycles. The minimum absolute atomic E-state index is 0.0943. The zero-order chi connectivity index (χ0) is 19.1. The van der Waals surface area contributed by atoms with Crippen molar-refractivity contribution in [3.05, 3.63) is 78.1 Å². The van der Waals surface area contributed by atoms with E-state index in [4.69, 9.17) is 9.47 Å². The molecule has 3 aromatic rings. The minimum Gasteiger partial charge on any atom is -0.493 e. The van der Waals surface area contributed by atoms with Gasteiger partial charge in [-0.05, 0) is 67.4 Å². The molecule has 0 saturated heterocycles. The third-order valence-electron chi connectivity index (χ3n) is 4.17. The van der Waals surface area contributed by atoms with Crippen LogP contribution >= 0.6 is 0 Å². The van der Waals surface area contributed by atoms with E-state index >= 15 is 0 Å². The third kappa shape index (κ3) is 5.31. The number of carbonyl (C=O) groups is 1. The SMILES string of the molecule is Cc1cccc(OCCC(=O)Nc2ccc(Oc3ccncc3)cc2)c1C. The van der Waals surface area contributed by atoms with E-state index < -0.39 is 0 Å². The summed E-state index contributed by atoms with van der Waals surface area (Å²) in [6.45, 7) is 4.39. The summed E-state index contributed by atoms with van der Waals surface area (Å²) in [6, 6.07) is 16.7. The van der Waals surface area contributed by atoms with Gasteiger partial charge in [0.25, 0.3) is 0 Å². The molecule has 138 valence electrons. The minimum atomic E-state index is -0.0943. The number of nitrogens with one attached hydrogen (secondary N) is 1. The van der Waals surface area contributed by atoms with Gasteiger partial charge < -0.3 is 14.8 Å². The maximum atomic E-state index is 12.1. The van der Waals surface area contributed by atoms with Crippen molar-refractivity contribution < 1.29 is 14.3 Å². The number of hydrogen-bond donors (Lipinski definition) is 1. The summed E-state index contributed by atoms with van der Waals surface area (Å²) < 4.78 is 11.4. The quantitative estimate of drug-likeness (QED) is 0.649. The van der Waals surface area contributed by atoms with Gasteiger partial charge in [0.1, 0.15) is 17.2 Å². The van der Waals surface area contributed by atoms with Gasteiger partial charge in [0, 0.05) is 18.1 Å². The van der Waals surface area contributed by atoms with Crippen LogP contribution in [0.3, 0.4) is 0 Å². The number of ether oxygens (including phenoxy) is 2. The van der Waals surface area contributed by atoms with Crippen molar-refractivity contribution in [1.82, 2.24) is 4.98 Å². The fraction of sp³-hybridized carbons (Fsp3) is 0.182. The highest BCUT2D eigenvalue weighted by atomic mass is 16.5. The maximum absolute atomic E-state index is 12.1. The molecule has 27 heavy (non-hydrogen) atoms. The molecular weight excluding hydrogens is 340 g/mol. The van der Waals surface area contributed by atoms with Crippen LogP contribution < -0.4 is 14.8 Å². The van der Waals surface area contributed by atoms with E-state index in [0.717, 1.165) is 11.3 Å². The summed E-state index contributed by atoms with van der Waals surface area (Å²) in [5, 5.41) is 2.86. The Hall–Kier alpha value is -3.34. The summed E-state index contributed by atoms with van der Waals surface area (Å²) in [7, 11) is 0. The first-order valence-electron chi connectivity index (χ1n) is 8.78. The molecule has 1 N–H and O–H groups in total. The molecule has 0 saturated carbocycles. The van der Waals surface area contributed by atoms with E-state index in [2.05, 4.69) is 10.3 Å². The Morgan fingerprint density at radius 3 is 2.41 bits per heavy atom. The largest absolute Gasteiger partial charge is 0.493 e. The van der Waals surface area contributed by atoms with Crippen molar-refractivity contribution in [2.45, 2.75) is 20.3 Å². The van der Waals surface area contributed by atoms with Crippen LogP contribution in [0.25, 0.3) is 0 Å². The van der Waals surface area contributed by atoms with Gasteiger partial charge >= 0.3 is 0 Å². The van der Waals surface area contributed by atoms with E-state index in [9.17, 15) is 4.79 Å². The van der Waals surface area contributed by atoms with Gasteiger partial charge in [-0.3, -0.25) is 9.78 Å². The van der Waals surface area contributed by atoms with Gasteiger partial charge in [0.2, 0.25) is 5.91 Å². The highest BCUT2D eigenvalue weighted by molar-refractivity contribution is 5.90. The molecule has 1 aromatic heterocycles. The lowest BCUT2D eigenvalue weighted by molar-refractivity contribution is -0.116. The number of aromatic nitrogens is 1. The zero-order valence-corrected chi connectivity index (χ0v) is 15.4. The predicted molar refractivity (Wildman–Crippen MR) is 105 cm³/mol. The van der Waals surface area contributed by atoms with Gasteiger partial charge in [0.15, 0.2) is 0 Å². The van der Waals surface area contributed by atoms with Gasteiger partial charge in [-0.1, -0.05) is 12.1 Å². The molecule has 0 aliphatic rings. The Morgan fingerprint density at radius 1 is 0.963 bits per heavy atom. The summed E-state index contributed by atoms with van der Waals surface area (Å²) >= 11 is 0. The van der Waals surface area contributed by atoms with E-state index in [1.54, 1.807) is 36.7 Å². The highest BCUT2D eigenvalue weighted by Gasteiger charge is 2.06. The molecule has 0 spiro atoms. The number of pyridine rings is 1. The number of rotatable bonds is 7. The second kappa shape index (κ2) is 8.85. The summed E-state index contributed by atoms with van der Waals surface area (Å²) in [5.74, 6) is 2.13. The second-order valence-electron chi connectivity index (χ2n) is 6.15. The number of hydrogen-bond acceptors (Lipinski definition) is 4. The average Bonchev–Trinajstić information content (AvgIpc) is 2.67. The fourth-order valence-corrected chi connectivity index (χ4v) is 2.51. The van der Waals surface area contributed by atoms with Crippen molar-refractivity contribution >= 4 is 11.6 Å². The molecule has 0 bridgehead atoms. The van der Waals surface area contributed by atoms with Crippen LogP contribution in [0.4, 0.5) is 5.69 Å². The normalized spacial score (nSPS) is 10.3. The molecule has 0 unspecified atom stereocenters. The van der Waals surface area contributed by atoms with Crippen LogP contribution in [0.15, 0.2) is 67.0 Å². The van der Waals surface area contributed by atoms with Crippen molar-refractivity contribution in [1.29, 1.82) is 0 Å². The van der Waals surface area contributed by atoms with Crippen LogP contribution in [-0.2, 0) is 4.79 Å². The first kappa shape index (κ1) is 18.5. The highest BCUT2D eigenvalue weighted by Crippen LogP contribution is 2.23. The van der Waals surface area contributed by atoms with E-state index in [1.165, 1.54) is 5.56 Å². The summed E-state index contributed by atoms with van der Waals surface area (Å²) in [4.78, 5) is 16.1. The summed E-state index contributed by atoms with van der Waals surface area (Å²) in [5.41, 5.74) is 2.99. The molecule has 2 aromatic carbocycles. The lowest BCUT2D eigenvalue weighted by Gasteiger charge is -2.11. The van der Waals surface area contributed by atoms with Crippen LogP contribution in [0, 0.1) is 13.8 Å². The smallest absolute Gasteiger partial charge is 0.227 e. The Balaban J connectivity index is 1.47. The van der Waals surface area contributed by atoms with Crippen molar-refractivity contribution in [2.75, 3.05) is 11.9 Å². The predicted octanol–water partition coefficient (Wildman–Crippen LogP) is 4.90. The molecule has 0 atom stereocenters. The molecule has 0 radical (unpaired) electrons. The molecule has 0 aliphatic heterocycles. The molecule has 5 nitrogen and oxygen atoms in total. The fourth-order valence-electron chi connectivity index (χ4n) is 2.51. The topological polar surface area (TPSA) is 60.5 Å². The first-order chi connectivity index (χ1) is 13.1. The van der Waals surface area contributed by atoms with E-state index in [1.807, 2.05) is 44.2 Å². The lowest BCUT2D eigenvalue weighted by atomic mass is 10.1. The Kier molecular flexibility index (Phi) is 6.05. The average molecular weight is 362 g/mol. The molecule has 0 aliphatic carbocycles. The number of nitrogens with zero attached hydrogens (tertiary/aromatic N) is 1. The third-order valence-corrected chi connectivity index (χ3v) is 4.17. The van der Waals surface area contributed by atoms with Crippen LogP contribution in [-0.4, -0.2) is 17.5 Å². The molecular formula is C22H22N2O3. The molecule has 1 amide bonds. The number of anilines is 1. The van der Waals surface area contributed by atoms with Gasteiger partial charge in [-0.15, -0.1) is 0 Å². The molecule has 5 heteroatoms. The first-order valence-corrected chi connectivity index (χ1v) is 8.78. The van der Waals surface area contributed by atoms with Gasteiger partial charge in [0.05, 0.1) is 13.0 Å². The standard InChI is InChI=1S/C22H22N2O3/c1-16-4-3-5-21(17(16)2)26-15-12-22(25)24-18-6-8-19(9-7-18)27-20-10-13-23-14-11-20/h3-11,13-14H,12,15H2,1-2H3,(H,24,25). The van der Waals surface area contributed by atoms with Crippen molar-refractivity contribution in [3.8, 4) is 17.2 Å². The zero-order valence-electron chi connectivity index (χ0n) is 15.4. The van der Waals surface area contributed by atoms with E-state index in [-0.39, 0.29) is 12.3 Å². The van der Waals surface area contributed by atoms with Crippen LogP contribution in [0.1, 0.15) is 17.5 Å². The van der Waals surface area contributed by atoms with Crippen molar-refractivity contribution in [2.24, 2.45) is 0 Å². The van der Waals surface area contributed by atoms with E-state index in [0.29, 0.717) is 23.8 Å². The Morgan fingerprint density at radius 2 is 1.67 bits per heavy atom. The second-order valence-corrected chi connectivity index (χ2v) is 6.15. The van der Waals surface area contributed by atoms with Gasteiger partial charge in [-0.2, -0.15) is 0 Å². The molecule has 0 fully saturated rings. The number of benzene rings is 2. The number of carbonyl (C=O) groups excluding carboxylic acids is 1. The molecule has 3 rings (SSSR count). The summed E-state index contributed by atoms with van der Waals surface area (Å²) in [6.07, 6.45) is 3.62. The van der Waals surface area contributed by atoms with Crippen LogP contribution in [0.2, 0.25) is 0 Å².